The van der Waals surface area contributed by atoms with Crippen LogP contribution in [0.3, 0.4) is 0 Å². The van der Waals surface area contributed by atoms with Gasteiger partial charge in [-0.15, -0.1) is 0 Å². The third-order valence-electron chi connectivity index (χ3n) is 5.70. The Hall–Kier alpha value is -2.28. The number of benzene rings is 2. The Kier molecular flexibility index (Phi) is 5.44. The first kappa shape index (κ1) is 19.1. The van der Waals surface area contributed by atoms with E-state index in [2.05, 4.69) is 40.4 Å². The molecule has 1 aliphatic rings. The minimum atomic E-state index is -0.703. The zero-order valence-corrected chi connectivity index (χ0v) is 16.4. The second-order valence-corrected chi connectivity index (χ2v) is 7.84. The van der Waals surface area contributed by atoms with Gasteiger partial charge in [0.05, 0.1) is 25.4 Å². The van der Waals surface area contributed by atoms with Crippen molar-refractivity contribution in [3.8, 4) is 0 Å². The van der Waals surface area contributed by atoms with Crippen molar-refractivity contribution in [1.29, 1.82) is 0 Å². The molecule has 2 heterocycles. The van der Waals surface area contributed by atoms with Crippen LogP contribution in [-0.4, -0.2) is 45.5 Å². The molecule has 1 saturated heterocycles. The second-order valence-electron chi connectivity index (χ2n) is 7.84. The molecule has 28 heavy (non-hydrogen) atoms. The van der Waals surface area contributed by atoms with Gasteiger partial charge in [-0.3, -0.25) is 0 Å². The Balaban J connectivity index is 1.65. The lowest BCUT2D eigenvalue weighted by Crippen LogP contribution is -2.50. The molecule has 1 aliphatic heterocycles. The fourth-order valence-corrected chi connectivity index (χ4v) is 3.96. The summed E-state index contributed by atoms with van der Waals surface area (Å²) in [5.74, 6) is 0. The summed E-state index contributed by atoms with van der Waals surface area (Å²) in [6.07, 6.45) is 3.72. The summed E-state index contributed by atoms with van der Waals surface area (Å²) in [5, 5.41) is 18.1. The van der Waals surface area contributed by atoms with Crippen LogP contribution in [0.15, 0.2) is 55.1 Å². The van der Waals surface area contributed by atoms with Gasteiger partial charge in [0.2, 0.25) is 0 Å². The molecule has 1 aromatic heterocycles. The van der Waals surface area contributed by atoms with Crippen molar-refractivity contribution < 1.29 is 14.6 Å². The zero-order chi connectivity index (χ0) is 19.6. The van der Waals surface area contributed by atoms with Crippen molar-refractivity contribution in [2.75, 3.05) is 13.2 Å². The van der Waals surface area contributed by atoms with E-state index in [1.165, 1.54) is 22.7 Å². The molecule has 6 nitrogen and oxygen atoms in total. The van der Waals surface area contributed by atoms with Crippen molar-refractivity contribution in [2.45, 2.75) is 45.1 Å². The van der Waals surface area contributed by atoms with Crippen LogP contribution >= 0.6 is 0 Å². The van der Waals surface area contributed by atoms with E-state index in [4.69, 9.17) is 9.47 Å². The molecule has 1 N–H and O–H groups in total. The van der Waals surface area contributed by atoms with Crippen molar-refractivity contribution >= 4 is 10.8 Å². The van der Waals surface area contributed by atoms with E-state index in [0.29, 0.717) is 19.6 Å². The average Bonchev–Trinajstić information content (AvgIpc) is 3.27. The molecule has 0 spiro atoms. The molecular formula is C22H27N3O3. The summed E-state index contributed by atoms with van der Waals surface area (Å²) in [5.41, 5.74) is 0.651. The molecule has 6 heteroatoms. The standard InChI is InChI=1S/C22H27N3O3/c1-3-20-27-12-22(2,13-28-20)21(26)19(25-15-23-14-24-25)11-17-9-6-8-16-7-4-5-10-18(16)17/h4-10,14-15,19-21,26H,3,11-13H2,1-2H3. The fourth-order valence-electron chi connectivity index (χ4n) is 3.96. The van der Waals surface area contributed by atoms with Crippen LogP contribution in [0.25, 0.3) is 10.8 Å². The van der Waals surface area contributed by atoms with E-state index in [-0.39, 0.29) is 12.3 Å². The van der Waals surface area contributed by atoms with E-state index in [9.17, 15) is 5.11 Å². The number of aromatic nitrogens is 3. The molecule has 2 aromatic carbocycles. The minimum absolute atomic E-state index is 0.192. The summed E-state index contributed by atoms with van der Waals surface area (Å²) in [6.45, 7) is 4.94. The largest absolute Gasteiger partial charge is 0.390 e. The number of nitrogens with zero attached hydrogens (tertiary/aromatic N) is 3. The SMILES string of the molecule is CCC1OCC(C)(C(O)C(Cc2cccc3ccccc23)n2cncn2)CO1. The summed E-state index contributed by atoms with van der Waals surface area (Å²) < 4.78 is 13.4. The van der Waals surface area contributed by atoms with E-state index in [1.54, 1.807) is 11.0 Å². The molecule has 148 valence electrons. The van der Waals surface area contributed by atoms with Gasteiger partial charge in [0.15, 0.2) is 6.29 Å². The second kappa shape index (κ2) is 7.99. The van der Waals surface area contributed by atoms with Gasteiger partial charge in [-0.1, -0.05) is 56.3 Å². The minimum Gasteiger partial charge on any atom is -0.390 e. The van der Waals surface area contributed by atoms with Crippen molar-refractivity contribution in [3.05, 3.63) is 60.7 Å². The number of hydrogen-bond donors (Lipinski definition) is 1. The quantitative estimate of drug-likeness (QED) is 0.709. The van der Waals surface area contributed by atoms with Crippen molar-refractivity contribution in [3.63, 3.8) is 0 Å². The van der Waals surface area contributed by atoms with Gasteiger partial charge < -0.3 is 14.6 Å². The van der Waals surface area contributed by atoms with Gasteiger partial charge in [0.1, 0.15) is 12.7 Å². The smallest absolute Gasteiger partial charge is 0.157 e. The molecule has 3 aromatic rings. The number of fused-ring (bicyclic) bond motifs is 1. The molecule has 0 saturated carbocycles. The Labute approximate surface area is 165 Å². The predicted molar refractivity (Wildman–Crippen MR) is 107 cm³/mol. The molecule has 0 aliphatic carbocycles. The summed E-state index contributed by atoms with van der Waals surface area (Å²) in [6, 6.07) is 14.3. The van der Waals surface area contributed by atoms with Gasteiger partial charge in [0, 0.05) is 5.41 Å². The first-order chi connectivity index (χ1) is 13.6. The van der Waals surface area contributed by atoms with Gasteiger partial charge >= 0.3 is 0 Å². The maximum atomic E-state index is 11.4. The van der Waals surface area contributed by atoms with Crippen LogP contribution in [0.5, 0.6) is 0 Å². The Morgan fingerprint density at radius 1 is 1.18 bits per heavy atom. The van der Waals surface area contributed by atoms with E-state index < -0.39 is 11.5 Å². The molecule has 2 atom stereocenters. The highest BCUT2D eigenvalue weighted by molar-refractivity contribution is 5.85. The van der Waals surface area contributed by atoms with Gasteiger partial charge in [-0.25, -0.2) is 9.67 Å². The lowest BCUT2D eigenvalue weighted by atomic mass is 9.79. The highest BCUT2D eigenvalue weighted by atomic mass is 16.7. The summed E-state index contributed by atoms with van der Waals surface area (Å²) >= 11 is 0. The molecular weight excluding hydrogens is 354 g/mol. The van der Waals surface area contributed by atoms with Gasteiger partial charge in [0.25, 0.3) is 0 Å². The number of ether oxygens (including phenoxy) is 2. The molecule has 0 amide bonds. The van der Waals surface area contributed by atoms with E-state index in [1.807, 2.05) is 26.0 Å². The van der Waals surface area contributed by atoms with Crippen LogP contribution in [0.4, 0.5) is 0 Å². The van der Waals surface area contributed by atoms with Crippen LogP contribution in [0.2, 0.25) is 0 Å². The number of aliphatic hydroxyl groups excluding tert-OH is 1. The number of hydrogen-bond acceptors (Lipinski definition) is 5. The lowest BCUT2D eigenvalue weighted by molar-refractivity contribution is -0.249. The normalized spacial score (nSPS) is 24.9. The Bertz CT molecular complexity index is 899. The average molecular weight is 381 g/mol. The Morgan fingerprint density at radius 2 is 1.93 bits per heavy atom. The van der Waals surface area contributed by atoms with Crippen LogP contribution < -0.4 is 0 Å². The first-order valence-electron chi connectivity index (χ1n) is 9.83. The topological polar surface area (TPSA) is 69.4 Å². The van der Waals surface area contributed by atoms with E-state index >= 15 is 0 Å². The van der Waals surface area contributed by atoms with Crippen LogP contribution in [0.1, 0.15) is 31.9 Å². The van der Waals surface area contributed by atoms with Gasteiger partial charge in [-0.05, 0) is 29.2 Å². The fraction of sp³-hybridized carbons (Fsp3) is 0.455. The molecule has 0 bridgehead atoms. The summed E-state index contributed by atoms with van der Waals surface area (Å²) in [7, 11) is 0. The highest BCUT2D eigenvalue weighted by Gasteiger charge is 2.43. The van der Waals surface area contributed by atoms with E-state index in [0.717, 1.165) is 6.42 Å². The van der Waals surface area contributed by atoms with Crippen LogP contribution in [0, 0.1) is 5.41 Å². The van der Waals surface area contributed by atoms with Crippen LogP contribution in [-0.2, 0) is 15.9 Å². The predicted octanol–water partition coefficient (Wildman–Crippen LogP) is 3.37. The summed E-state index contributed by atoms with van der Waals surface area (Å²) in [4.78, 5) is 4.10. The first-order valence-corrected chi connectivity index (χ1v) is 9.83. The highest BCUT2D eigenvalue weighted by Crippen LogP contribution is 2.36. The molecule has 0 radical (unpaired) electrons. The number of aliphatic hydroxyl groups is 1. The zero-order valence-electron chi connectivity index (χ0n) is 16.4. The lowest BCUT2D eigenvalue weighted by Gasteiger charge is -2.43. The third kappa shape index (κ3) is 3.68. The van der Waals surface area contributed by atoms with Crippen molar-refractivity contribution in [1.82, 2.24) is 14.8 Å². The van der Waals surface area contributed by atoms with Crippen molar-refractivity contribution in [2.24, 2.45) is 5.41 Å². The van der Waals surface area contributed by atoms with Gasteiger partial charge in [-0.2, -0.15) is 5.10 Å². The molecule has 1 fully saturated rings. The molecule has 4 rings (SSSR count). The Morgan fingerprint density at radius 3 is 2.64 bits per heavy atom. The molecule has 2 unspecified atom stereocenters. The third-order valence-corrected chi connectivity index (χ3v) is 5.70. The number of rotatable bonds is 6. The monoisotopic (exact) mass is 381 g/mol. The maximum Gasteiger partial charge on any atom is 0.157 e. The maximum absolute atomic E-state index is 11.4.